The van der Waals surface area contributed by atoms with Gasteiger partial charge in [-0.2, -0.15) is 0 Å². The molecule has 25 heavy (non-hydrogen) atoms. The Morgan fingerprint density at radius 2 is 1.96 bits per heavy atom. The number of aromatic nitrogens is 4. The Balaban J connectivity index is 1.46. The number of hydrogen-bond acceptors (Lipinski definition) is 7. The third-order valence-corrected chi connectivity index (χ3v) is 4.37. The summed E-state index contributed by atoms with van der Waals surface area (Å²) >= 11 is 1.37. The smallest absolute Gasteiger partial charge is 0.226 e. The van der Waals surface area contributed by atoms with Crippen LogP contribution in [0.3, 0.4) is 0 Å². The molecule has 0 atom stereocenters. The molecule has 7 nitrogen and oxygen atoms in total. The summed E-state index contributed by atoms with van der Waals surface area (Å²) in [5.74, 6) is 7.61. The van der Waals surface area contributed by atoms with Gasteiger partial charge in [-0.3, -0.25) is 0 Å². The molecule has 2 N–H and O–H groups in total. The number of furan rings is 1. The molecule has 0 saturated carbocycles. The normalized spacial score (nSPS) is 11.1. The quantitative estimate of drug-likeness (QED) is 0.432. The lowest BCUT2D eigenvalue weighted by Gasteiger charge is -2.00. The van der Waals surface area contributed by atoms with Gasteiger partial charge in [0.15, 0.2) is 5.76 Å². The number of oxazole rings is 1. The lowest BCUT2D eigenvalue weighted by atomic mass is 10.2. The fourth-order valence-corrected chi connectivity index (χ4v) is 2.92. The second kappa shape index (κ2) is 6.44. The highest BCUT2D eigenvalue weighted by Crippen LogP contribution is 2.26. The summed E-state index contributed by atoms with van der Waals surface area (Å²) in [6, 6.07) is 9.47. The largest absolute Gasteiger partial charge is 0.461 e. The number of hydrogen-bond donors (Lipinski definition) is 1. The molecule has 4 aromatic rings. The molecule has 0 aliphatic carbocycles. The molecule has 0 saturated heterocycles. The average molecular weight is 357 g/mol. The first-order chi connectivity index (χ1) is 12.2. The van der Waals surface area contributed by atoms with Crippen molar-refractivity contribution in [2.24, 2.45) is 0 Å². The van der Waals surface area contributed by atoms with Crippen molar-refractivity contribution in [2.45, 2.75) is 10.9 Å². The number of nitrogens with two attached hydrogens (primary N) is 1. The molecule has 0 unspecified atom stereocenters. The van der Waals surface area contributed by atoms with Crippen molar-refractivity contribution in [3.8, 4) is 23.0 Å². The number of benzene rings is 1. The van der Waals surface area contributed by atoms with Gasteiger partial charge in [-0.1, -0.05) is 11.8 Å². The van der Waals surface area contributed by atoms with Gasteiger partial charge in [0.25, 0.3) is 0 Å². The molecular formula is C16H12FN5O2S. The molecule has 126 valence electrons. The summed E-state index contributed by atoms with van der Waals surface area (Å²) in [6.45, 7) is 0. The topological polar surface area (TPSA) is 95.9 Å². The third-order valence-electron chi connectivity index (χ3n) is 3.40. The molecule has 0 bridgehead atoms. The van der Waals surface area contributed by atoms with E-state index >= 15 is 0 Å². The van der Waals surface area contributed by atoms with E-state index in [0.717, 1.165) is 0 Å². The molecule has 0 spiro atoms. The summed E-state index contributed by atoms with van der Waals surface area (Å²) in [7, 11) is 0. The Labute approximate surface area is 145 Å². The van der Waals surface area contributed by atoms with Crippen LogP contribution < -0.4 is 5.84 Å². The van der Waals surface area contributed by atoms with Crippen LogP contribution >= 0.6 is 11.8 Å². The van der Waals surface area contributed by atoms with Gasteiger partial charge in [0.2, 0.25) is 16.9 Å². The van der Waals surface area contributed by atoms with Gasteiger partial charge < -0.3 is 14.7 Å². The van der Waals surface area contributed by atoms with Gasteiger partial charge in [0.1, 0.15) is 12.1 Å². The van der Waals surface area contributed by atoms with E-state index in [2.05, 4.69) is 15.2 Å². The van der Waals surface area contributed by atoms with E-state index in [9.17, 15) is 4.39 Å². The van der Waals surface area contributed by atoms with Crippen LogP contribution in [0, 0.1) is 5.82 Å². The second-order valence-electron chi connectivity index (χ2n) is 5.09. The molecule has 0 fully saturated rings. The highest BCUT2D eigenvalue weighted by atomic mass is 32.2. The van der Waals surface area contributed by atoms with Gasteiger partial charge in [0, 0.05) is 11.3 Å². The third kappa shape index (κ3) is 3.13. The predicted octanol–water partition coefficient (Wildman–Crippen LogP) is 3.34. The molecule has 3 aromatic heterocycles. The number of nitrogens with zero attached hydrogens (tertiary/aromatic N) is 4. The minimum Gasteiger partial charge on any atom is -0.461 e. The van der Waals surface area contributed by atoms with Crippen molar-refractivity contribution in [3.05, 3.63) is 60.4 Å². The molecular weight excluding hydrogens is 345 g/mol. The summed E-state index contributed by atoms with van der Waals surface area (Å²) in [4.78, 5) is 4.38. The van der Waals surface area contributed by atoms with E-state index in [1.54, 1.807) is 36.8 Å². The molecule has 0 amide bonds. The first-order valence-corrected chi connectivity index (χ1v) is 8.27. The number of halogens is 1. The van der Waals surface area contributed by atoms with Gasteiger partial charge in [0.05, 0.1) is 12.0 Å². The summed E-state index contributed by atoms with van der Waals surface area (Å²) < 4.78 is 25.0. The Bertz CT molecular complexity index is 979. The van der Waals surface area contributed by atoms with Crippen molar-refractivity contribution >= 4 is 11.8 Å². The number of rotatable bonds is 5. The maximum atomic E-state index is 13.0. The fourth-order valence-electron chi connectivity index (χ4n) is 2.19. The zero-order chi connectivity index (χ0) is 17.2. The van der Waals surface area contributed by atoms with Crippen molar-refractivity contribution < 1.29 is 13.2 Å². The first-order valence-electron chi connectivity index (χ1n) is 7.28. The average Bonchev–Trinajstić information content (AvgIpc) is 3.34. The van der Waals surface area contributed by atoms with Crippen LogP contribution in [0.4, 0.5) is 4.39 Å². The highest BCUT2D eigenvalue weighted by molar-refractivity contribution is 7.98. The molecule has 1 aromatic carbocycles. The molecule has 3 heterocycles. The maximum Gasteiger partial charge on any atom is 0.226 e. The van der Waals surface area contributed by atoms with Crippen LogP contribution in [-0.4, -0.2) is 19.9 Å². The van der Waals surface area contributed by atoms with Gasteiger partial charge >= 0.3 is 0 Å². The number of thioether (sulfide) groups is 1. The first kappa shape index (κ1) is 15.5. The monoisotopic (exact) mass is 357 g/mol. The van der Waals surface area contributed by atoms with Crippen molar-refractivity contribution in [2.75, 3.05) is 5.84 Å². The molecule has 0 aliphatic heterocycles. The van der Waals surface area contributed by atoms with E-state index < -0.39 is 0 Å². The van der Waals surface area contributed by atoms with Crippen LogP contribution in [0.15, 0.2) is 62.9 Å². The zero-order valence-electron chi connectivity index (χ0n) is 12.8. The summed E-state index contributed by atoms with van der Waals surface area (Å²) in [5.41, 5.74) is 1.42. The lowest BCUT2D eigenvalue weighted by Crippen LogP contribution is -2.11. The van der Waals surface area contributed by atoms with E-state index in [1.807, 2.05) is 0 Å². The Morgan fingerprint density at radius 1 is 1.12 bits per heavy atom. The molecule has 9 heteroatoms. The number of nitrogen functional groups attached to an aromatic ring is 1. The van der Waals surface area contributed by atoms with E-state index in [1.165, 1.54) is 28.6 Å². The van der Waals surface area contributed by atoms with Crippen molar-refractivity contribution in [1.29, 1.82) is 0 Å². The van der Waals surface area contributed by atoms with E-state index in [0.29, 0.717) is 39.6 Å². The minimum atomic E-state index is -0.305. The van der Waals surface area contributed by atoms with Crippen molar-refractivity contribution in [1.82, 2.24) is 19.9 Å². The zero-order valence-corrected chi connectivity index (χ0v) is 13.6. The fraction of sp³-hybridized carbons (Fsp3) is 0.0625. The van der Waals surface area contributed by atoms with Crippen LogP contribution in [0.1, 0.15) is 5.69 Å². The van der Waals surface area contributed by atoms with Crippen LogP contribution in [0.2, 0.25) is 0 Å². The van der Waals surface area contributed by atoms with E-state index in [4.69, 9.17) is 14.7 Å². The molecule has 4 rings (SSSR count). The Kier molecular flexibility index (Phi) is 3.98. The van der Waals surface area contributed by atoms with E-state index in [-0.39, 0.29) is 5.82 Å². The Hall–Kier alpha value is -3.07. The van der Waals surface area contributed by atoms with Gasteiger partial charge in [-0.15, -0.1) is 10.2 Å². The lowest BCUT2D eigenvalue weighted by molar-refractivity contribution is 0.572. The minimum absolute atomic E-state index is 0.305. The van der Waals surface area contributed by atoms with Crippen molar-refractivity contribution in [3.63, 3.8) is 0 Å². The molecule has 0 radical (unpaired) electrons. The van der Waals surface area contributed by atoms with Gasteiger partial charge in [-0.05, 0) is 36.4 Å². The van der Waals surface area contributed by atoms with Crippen LogP contribution in [0.25, 0.3) is 23.0 Å². The standard InChI is InChI=1S/C16H12FN5O2S/c17-11-5-3-10(4-6-11)15-19-12(8-24-15)9-25-16-21-20-14(22(16)18)13-2-1-7-23-13/h1-8H,9,18H2. The SMILES string of the molecule is Nn1c(SCc2coc(-c3ccc(F)cc3)n2)nnc1-c1ccco1. The summed E-state index contributed by atoms with van der Waals surface area (Å²) in [5, 5.41) is 8.60. The summed E-state index contributed by atoms with van der Waals surface area (Å²) in [6.07, 6.45) is 3.10. The predicted molar refractivity (Wildman–Crippen MR) is 89.3 cm³/mol. The Morgan fingerprint density at radius 3 is 2.72 bits per heavy atom. The van der Waals surface area contributed by atoms with Crippen LogP contribution in [-0.2, 0) is 5.75 Å². The second-order valence-corrected chi connectivity index (χ2v) is 6.04. The van der Waals surface area contributed by atoms with Gasteiger partial charge in [-0.25, -0.2) is 14.1 Å². The van der Waals surface area contributed by atoms with Crippen LogP contribution in [0.5, 0.6) is 0 Å². The molecule has 0 aliphatic rings. The highest BCUT2D eigenvalue weighted by Gasteiger charge is 2.15. The maximum absolute atomic E-state index is 13.0.